The van der Waals surface area contributed by atoms with Crippen LogP contribution in [-0.2, 0) is 16.6 Å². The van der Waals surface area contributed by atoms with Gasteiger partial charge in [-0.1, -0.05) is 18.2 Å². The minimum Gasteiger partial charge on any atom is -0.478 e. The van der Waals surface area contributed by atoms with Gasteiger partial charge < -0.3 is 5.11 Å². The van der Waals surface area contributed by atoms with Gasteiger partial charge in [0, 0.05) is 4.90 Å². The molecule has 0 aliphatic carbocycles. The van der Waals surface area contributed by atoms with Crippen molar-refractivity contribution in [3.63, 3.8) is 0 Å². The molecule has 4 heteroatoms. The average molecular weight is 288 g/mol. The summed E-state index contributed by atoms with van der Waals surface area (Å²) in [4.78, 5) is 11.6. The third kappa shape index (κ3) is 3.33. The number of aryl methyl sites for hydroxylation is 2. The van der Waals surface area contributed by atoms with E-state index in [4.69, 9.17) is 5.11 Å². The van der Waals surface area contributed by atoms with E-state index >= 15 is 0 Å². The van der Waals surface area contributed by atoms with Crippen molar-refractivity contribution in [2.75, 3.05) is 0 Å². The van der Waals surface area contributed by atoms with Crippen LogP contribution >= 0.6 is 0 Å². The molecule has 0 aliphatic rings. The van der Waals surface area contributed by atoms with Gasteiger partial charge in [0.25, 0.3) is 0 Å². The second-order valence-corrected chi connectivity index (χ2v) is 6.19. The van der Waals surface area contributed by atoms with Crippen molar-refractivity contribution in [3.8, 4) is 0 Å². The number of hydrogen-bond donors (Lipinski definition) is 1. The summed E-state index contributed by atoms with van der Waals surface area (Å²) in [5.74, 6) is -0.561. The van der Waals surface area contributed by atoms with Crippen LogP contribution in [0.3, 0.4) is 0 Å². The third-order valence-corrected chi connectivity index (χ3v) is 4.62. The van der Waals surface area contributed by atoms with Crippen LogP contribution in [0, 0.1) is 13.8 Å². The number of carboxylic acid groups (broad SMARTS) is 1. The smallest absolute Gasteiger partial charge is 0.335 e. The summed E-state index contributed by atoms with van der Waals surface area (Å²) in [7, 11) is -1.12. The van der Waals surface area contributed by atoms with Crippen LogP contribution in [0.4, 0.5) is 0 Å². The quantitative estimate of drug-likeness (QED) is 0.939. The Morgan fingerprint density at radius 2 is 1.70 bits per heavy atom. The summed E-state index contributed by atoms with van der Waals surface area (Å²) >= 11 is 0. The Morgan fingerprint density at radius 3 is 2.25 bits per heavy atom. The van der Waals surface area contributed by atoms with Crippen LogP contribution in [-0.4, -0.2) is 15.3 Å². The highest BCUT2D eigenvalue weighted by atomic mass is 32.2. The van der Waals surface area contributed by atoms with Gasteiger partial charge in [0.1, 0.15) is 0 Å². The van der Waals surface area contributed by atoms with Gasteiger partial charge in [-0.3, -0.25) is 4.21 Å². The van der Waals surface area contributed by atoms with Gasteiger partial charge in [-0.25, -0.2) is 4.79 Å². The van der Waals surface area contributed by atoms with E-state index in [9.17, 15) is 9.00 Å². The zero-order valence-electron chi connectivity index (χ0n) is 11.4. The Balaban J connectivity index is 2.14. The molecule has 0 bridgehead atoms. The first-order chi connectivity index (χ1) is 9.47. The normalized spacial score (nSPS) is 12.1. The molecule has 3 nitrogen and oxygen atoms in total. The van der Waals surface area contributed by atoms with Crippen molar-refractivity contribution in [2.45, 2.75) is 24.5 Å². The van der Waals surface area contributed by atoms with Crippen molar-refractivity contribution in [2.24, 2.45) is 0 Å². The first kappa shape index (κ1) is 14.5. The summed E-state index contributed by atoms with van der Waals surface area (Å²) in [6.07, 6.45) is 0. The Morgan fingerprint density at radius 1 is 1.05 bits per heavy atom. The predicted octanol–water partition coefficient (Wildman–Crippen LogP) is 3.31. The van der Waals surface area contributed by atoms with E-state index in [2.05, 4.69) is 0 Å². The second kappa shape index (κ2) is 6.01. The standard InChI is InChI=1S/C16H16O3S/c1-11-3-8-15(9-12(11)2)20(19)10-13-4-6-14(7-5-13)16(17)18/h3-9H,10H2,1-2H3,(H,17,18). The summed E-state index contributed by atoms with van der Waals surface area (Å²) in [6.45, 7) is 4.02. The highest BCUT2D eigenvalue weighted by Crippen LogP contribution is 2.16. The first-order valence-electron chi connectivity index (χ1n) is 6.25. The molecule has 0 aliphatic heterocycles. The molecule has 2 rings (SSSR count). The molecule has 2 aromatic carbocycles. The van der Waals surface area contributed by atoms with E-state index < -0.39 is 16.8 Å². The zero-order valence-corrected chi connectivity index (χ0v) is 12.2. The second-order valence-electron chi connectivity index (χ2n) is 4.74. The van der Waals surface area contributed by atoms with Gasteiger partial charge in [0.2, 0.25) is 0 Å². The Kier molecular flexibility index (Phi) is 4.35. The monoisotopic (exact) mass is 288 g/mol. The maximum atomic E-state index is 12.3. The number of hydrogen-bond acceptors (Lipinski definition) is 2. The van der Waals surface area contributed by atoms with Gasteiger partial charge >= 0.3 is 5.97 Å². The molecule has 2 aromatic rings. The van der Waals surface area contributed by atoms with Crippen molar-refractivity contribution < 1.29 is 14.1 Å². The Bertz CT molecular complexity index is 660. The van der Waals surface area contributed by atoms with Crippen LogP contribution < -0.4 is 0 Å². The van der Waals surface area contributed by atoms with Crippen LogP contribution in [0.15, 0.2) is 47.4 Å². The van der Waals surface area contributed by atoms with Crippen molar-refractivity contribution >= 4 is 16.8 Å². The minimum atomic E-state index is -1.12. The molecule has 0 heterocycles. The molecule has 1 unspecified atom stereocenters. The highest BCUT2D eigenvalue weighted by molar-refractivity contribution is 7.84. The van der Waals surface area contributed by atoms with Crippen LogP contribution in [0.1, 0.15) is 27.0 Å². The molecule has 104 valence electrons. The third-order valence-electron chi connectivity index (χ3n) is 3.24. The van der Waals surface area contributed by atoms with E-state index in [1.165, 1.54) is 17.7 Å². The fraction of sp³-hybridized carbons (Fsp3) is 0.188. The van der Waals surface area contributed by atoms with Crippen LogP contribution in [0.2, 0.25) is 0 Å². The summed E-state index contributed by atoms with van der Waals surface area (Å²) in [5, 5.41) is 8.83. The number of rotatable bonds is 4. The summed E-state index contributed by atoms with van der Waals surface area (Å²) in [6, 6.07) is 12.3. The van der Waals surface area contributed by atoms with Gasteiger partial charge in [-0.2, -0.15) is 0 Å². The topological polar surface area (TPSA) is 54.4 Å². The van der Waals surface area contributed by atoms with Gasteiger partial charge in [-0.15, -0.1) is 0 Å². The molecule has 0 spiro atoms. The van der Waals surface area contributed by atoms with Gasteiger partial charge in [0.05, 0.1) is 22.1 Å². The van der Waals surface area contributed by atoms with E-state index in [-0.39, 0.29) is 5.56 Å². The highest BCUT2D eigenvalue weighted by Gasteiger charge is 2.08. The molecule has 0 amide bonds. The number of carbonyl (C=O) groups is 1. The largest absolute Gasteiger partial charge is 0.478 e. The molecule has 0 aromatic heterocycles. The number of carboxylic acids is 1. The molecule has 1 N–H and O–H groups in total. The molecule has 20 heavy (non-hydrogen) atoms. The lowest BCUT2D eigenvalue weighted by Gasteiger charge is -2.06. The fourth-order valence-electron chi connectivity index (χ4n) is 1.83. The van der Waals surface area contributed by atoms with E-state index in [0.717, 1.165) is 16.0 Å². The molecule has 0 saturated carbocycles. The van der Waals surface area contributed by atoms with E-state index in [1.807, 2.05) is 32.0 Å². The van der Waals surface area contributed by atoms with Gasteiger partial charge in [-0.05, 0) is 54.8 Å². The minimum absolute atomic E-state index is 0.241. The van der Waals surface area contributed by atoms with Crippen LogP contribution in [0.5, 0.6) is 0 Å². The number of aromatic carboxylic acids is 1. The van der Waals surface area contributed by atoms with Crippen molar-refractivity contribution in [3.05, 3.63) is 64.7 Å². The van der Waals surface area contributed by atoms with Crippen LogP contribution in [0.25, 0.3) is 0 Å². The predicted molar refractivity (Wildman–Crippen MR) is 79.4 cm³/mol. The summed E-state index contributed by atoms with van der Waals surface area (Å²) < 4.78 is 12.3. The lowest BCUT2D eigenvalue weighted by Crippen LogP contribution is -1.99. The molecule has 0 radical (unpaired) electrons. The Hall–Kier alpha value is -1.94. The average Bonchev–Trinajstić information content (AvgIpc) is 2.42. The molecule has 1 atom stereocenters. The lowest BCUT2D eigenvalue weighted by molar-refractivity contribution is 0.0697. The molecular formula is C16H16O3S. The molecular weight excluding hydrogens is 272 g/mol. The van der Waals surface area contributed by atoms with E-state index in [0.29, 0.717) is 5.75 Å². The molecule has 0 fully saturated rings. The molecule has 0 saturated heterocycles. The fourth-order valence-corrected chi connectivity index (χ4v) is 3.02. The first-order valence-corrected chi connectivity index (χ1v) is 7.57. The van der Waals surface area contributed by atoms with Crippen molar-refractivity contribution in [1.82, 2.24) is 0 Å². The van der Waals surface area contributed by atoms with Gasteiger partial charge in [0.15, 0.2) is 0 Å². The summed E-state index contributed by atoms with van der Waals surface area (Å²) in [5.41, 5.74) is 3.41. The maximum absolute atomic E-state index is 12.3. The maximum Gasteiger partial charge on any atom is 0.335 e. The Labute approximate surface area is 120 Å². The van der Waals surface area contributed by atoms with E-state index in [1.54, 1.807) is 12.1 Å². The lowest BCUT2D eigenvalue weighted by atomic mass is 10.1. The number of benzene rings is 2. The zero-order chi connectivity index (χ0) is 14.7. The SMILES string of the molecule is Cc1ccc(S(=O)Cc2ccc(C(=O)O)cc2)cc1C. The van der Waals surface area contributed by atoms with Crippen molar-refractivity contribution in [1.29, 1.82) is 0 Å².